The summed E-state index contributed by atoms with van der Waals surface area (Å²) < 4.78 is 0.871. The Bertz CT molecular complexity index is 618. The van der Waals surface area contributed by atoms with E-state index < -0.39 is 0 Å². The van der Waals surface area contributed by atoms with Gasteiger partial charge in [-0.1, -0.05) is 40.2 Å². The smallest absolute Gasteiger partial charge is 0.174 e. The van der Waals surface area contributed by atoms with Crippen molar-refractivity contribution in [2.75, 3.05) is 0 Å². The molecule has 0 spiro atoms. The van der Waals surface area contributed by atoms with Crippen LogP contribution in [0.25, 0.3) is 0 Å². The van der Waals surface area contributed by atoms with Crippen LogP contribution >= 0.6 is 15.9 Å². The van der Waals surface area contributed by atoms with E-state index in [1.54, 1.807) is 36.4 Å². The molecule has 0 amide bonds. The lowest BCUT2D eigenvalue weighted by Gasteiger charge is -2.03. The van der Waals surface area contributed by atoms with Crippen LogP contribution in [0.5, 0.6) is 5.75 Å². The minimum atomic E-state index is -0.383. The number of carbonyl (C=O) groups is 2. The maximum absolute atomic E-state index is 11.9. The molecule has 96 valence electrons. The maximum atomic E-state index is 11.9. The average molecular weight is 319 g/mol. The summed E-state index contributed by atoms with van der Waals surface area (Å²) in [6.07, 6.45) is -0.251. The molecular weight excluding hydrogens is 308 g/mol. The SMILES string of the molecule is O=C(CC(=O)c1ccccc1O)c1ccc(Br)cc1. The molecule has 1 N–H and O–H groups in total. The van der Waals surface area contributed by atoms with Gasteiger partial charge in [-0.2, -0.15) is 0 Å². The number of benzene rings is 2. The fourth-order valence-corrected chi connectivity index (χ4v) is 1.95. The molecule has 2 aromatic carbocycles. The molecule has 0 atom stereocenters. The van der Waals surface area contributed by atoms with Crippen LogP contribution in [0.2, 0.25) is 0 Å². The van der Waals surface area contributed by atoms with Crippen LogP contribution in [0, 0.1) is 0 Å². The number of hydrogen-bond donors (Lipinski definition) is 1. The monoisotopic (exact) mass is 318 g/mol. The van der Waals surface area contributed by atoms with E-state index in [-0.39, 0.29) is 29.3 Å². The Labute approximate surface area is 119 Å². The molecule has 0 bridgehead atoms. The number of aromatic hydroxyl groups is 1. The van der Waals surface area contributed by atoms with Gasteiger partial charge in [-0.05, 0) is 24.3 Å². The fraction of sp³-hybridized carbons (Fsp3) is 0.0667. The molecule has 3 nitrogen and oxygen atoms in total. The zero-order valence-electron chi connectivity index (χ0n) is 9.97. The van der Waals surface area contributed by atoms with Gasteiger partial charge in [0.25, 0.3) is 0 Å². The Hall–Kier alpha value is -1.94. The van der Waals surface area contributed by atoms with Crippen LogP contribution in [-0.2, 0) is 0 Å². The van der Waals surface area contributed by atoms with E-state index in [2.05, 4.69) is 15.9 Å². The van der Waals surface area contributed by atoms with E-state index in [4.69, 9.17) is 0 Å². The highest BCUT2D eigenvalue weighted by Gasteiger charge is 2.16. The van der Waals surface area contributed by atoms with Gasteiger partial charge in [0.1, 0.15) is 5.75 Å². The van der Waals surface area contributed by atoms with Gasteiger partial charge in [0.05, 0.1) is 12.0 Å². The lowest BCUT2D eigenvalue weighted by Crippen LogP contribution is -2.08. The Kier molecular flexibility index (Phi) is 4.12. The number of hydrogen-bond acceptors (Lipinski definition) is 3. The summed E-state index contributed by atoms with van der Waals surface area (Å²) >= 11 is 3.28. The minimum Gasteiger partial charge on any atom is -0.507 e. The number of Topliss-reactive ketones (excluding diaryl/α,β-unsaturated/α-hetero) is 2. The maximum Gasteiger partial charge on any atom is 0.174 e. The summed E-state index contributed by atoms with van der Waals surface area (Å²) in [5.74, 6) is -0.747. The van der Waals surface area contributed by atoms with Gasteiger partial charge in [-0.3, -0.25) is 9.59 Å². The molecule has 0 unspecified atom stereocenters. The number of rotatable bonds is 4. The van der Waals surface area contributed by atoms with Crippen LogP contribution < -0.4 is 0 Å². The Morgan fingerprint density at radius 1 is 0.947 bits per heavy atom. The molecule has 2 rings (SSSR count). The first kappa shape index (κ1) is 13.5. The van der Waals surface area contributed by atoms with Gasteiger partial charge in [0.15, 0.2) is 11.6 Å². The highest BCUT2D eigenvalue weighted by atomic mass is 79.9. The van der Waals surface area contributed by atoms with Crippen molar-refractivity contribution in [3.8, 4) is 5.75 Å². The van der Waals surface area contributed by atoms with Crippen molar-refractivity contribution in [1.29, 1.82) is 0 Å². The topological polar surface area (TPSA) is 54.4 Å². The molecule has 4 heteroatoms. The Balaban J connectivity index is 2.13. The third-order valence-corrected chi connectivity index (χ3v) is 3.22. The van der Waals surface area contributed by atoms with Crippen molar-refractivity contribution >= 4 is 27.5 Å². The Morgan fingerprint density at radius 3 is 2.21 bits per heavy atom. The molecule has 0 aliphatic rings. The summed E-state index contributed by atoms with van der Waals surface area (Å²) in [5, 5.41) is 9.56. The number of phenols is 1. The fourth-order valence-electron chi connectivity index (χ4n) is 1.69. The van der Waals surface area contributed by atoms with Gasteiger partial charge in [-0.15, -0.1) is 0 Å². The van der Waals surface area contributed by atoms with Gasteiger partial charge in [0, 0.05) is 10.0 Å². The molecule has 0 heterocycles. The van der Waals surface area contributed by atoms with E-state index >= 15 is 0 Å². The molecule has 19 heavy (non-hydrogen) atoms. The van der Waals surface area contributed by atoms with Crippen LogP contribution in [-0.4, -0.2) is 16.7 Å². The average Bonchev–Trinajstić information content (AvgIpc) is 2.39. The molecule has 0 radical (unpaired) electrons. The van der Waals surface area contributed by atoms with Crippen molar-refractivity contribution in [3.05, 3.63) is 64.1 Å². The number of phenolic OH excluding ortho intramolecular Hbond substituents is 1. The summed E-state index contributed by atoms with van der Waals surface area (Å²) in [6, 6.07) is 13.0. The van der Waals surface area contributed by atoms with E-state index in [1.807, 2.05) is 0 Å². The second-order valence-corrected chi connectivity index (χ2v) is 4.96. The van der Waals surface area contributed by atoms with Crippen LogP contribution in [0.1, 0.15) is 27.1 Å². The minimum absolute atomic E-state index is 0.101. The summed E-state index contributed by atoms with van der Waals surface area (Å²) in [5.41, 5.74) is 0.653. The third kappa shape index (κ3) is 3.29. The first-order valence-electron chi connectivity index (χ1n) is 5.68. The van der Waals surface area contributed by atoms with Crippen molar-refractivity contribution in [1.82, 2.24) is 0 Å². The standard InChI is InChI=1S/C15H11BrO3/c16-11-7-5-10(6-8-11)14(18)9-15(19)12-3-1-2-4-13(12)17/h1-8,17H,9H2. The van der Waals surface area contributed by atoms with Crippen LogP contribution in [0.15, 0.2) is 53.0 Å². The number of halogens is 1. The third-order valence-electron chi connectivity index (χ3n) is 2.69. The summed E-state index contributed by atoms with van der Waals surface area (Å²) in [4.78, 5) is 23.9. The van der Waals surface area contributed by atoms with Crippen molar-refractivity contribution in [2.45, 2.75) is 6.42 Å². The highest BCUT2D eigenvalue weighted by Crippen LogP contribution is 2.19. The number of para-hydroxylation sites is 1. The molecule has 0 saturated heterocycles. The lowest BCUT2D eigenvalue weighted by molar-refractivity contribution is 0.0893. The van der Waals surface area contributed by atoms with E-state index in [1.165, 1.54) is 12.1 Å². The Morgan fingerprint density at radius 2 is 1.58 bits per heavy atom. The normalized spacial score (nSPS) is 10.2. The largest absolute Gasteiger partial charge is 0.507 e. The number of ketones is 2. The van der Waals surface area contributed by atoms with Gasteiger partial charge in [-0.25, -0.2) is 0 Å². The molecular formula is C15H11BrO3. The lowest BCUT2D eigenvalue weighted by atomic mass is 10.0. The molecule has 0 saturated carbocycles. The van der Waals surface area contributed by atoms with Crippen LogP contribution in [0.4, 0.5) is 0 Å². The molecule has 2 aromatic rings. The first-order chi connectivity index (χ1) is 9.08. The quantitative estimate of drug-likeness (QED) is 0.692. The van der Waals surface area contributed by atoms with Gasteiger partial charge < -0.3 is 5.11 Å². The van der Waals surface area contributed by atoms with Crippen molar-refractivity contribution in [2.24, 2.45) is 0 Å². The zero-order chi connectivity index (χ0) is 13.8. The predicted octanol–water partition coefficient (Wildman–Crippen LogP) is 3.61. The molecule has 0 aromatic heterocycles. The molecule has 0 aliphatic carbocycles. The predicted molar refractivity (Wildman–Crippen MR) is 75.5 cm³/mol. The van der Waals surface area contributed by atoms with Gasteiger partial charge >= 0.3 is 0 Å². The van der Waals surface area contributed by atoms with E-state index in [9.17, 15) is 14.7 Å². The molecule has 0 aliphatic heterocycles. The zero-order valence-corrected chi connectivity index (χ0v) is 11.6. The molecule has 0 fully saturated rings. The summed E-state index contributed by atoms with van der Waals surface area (Å²) in [7, 11) is 0. The van der Waals surface area contributed by atoms with Crippen LogP contribution in [0.3, 0.4) is 0 Å². The van der Waals surface area contributed by atoms with Crippen molar-refractivity contribution < 1.29 is 14.7 Å². The van der Waals surface area contributed by atoms with E-state index in [0.29, 0.717) is 5.56 Å². The van der Waals surface area contributed by atoms with Crippen molar-refractivity contribution in [3.63, 3.8) is 0 Å². The highest BCUT2D eigenvalue weighted by molar-refractivity contribution is 9.10. The number of carbonyl (C=O) groups excluding carboxylic acids is 2. The first-order valence-corrected chi connectivity index (χ1v) is 6.47. The summed E-state index contributed by atoms with van der Waals surface area (Å²) in [6.45, 7) is 0. The van der Waals surface area contributed by atoms with E-state index in [0.717, 1.165) is 4.47 Å². The van der Waals surface area contributed by atoms with Gasteiger partial charge in [0.2, 0.25) is 0 Å². The second kappa shape index (κ2) is 5.80. The second-order valence-electron chi connectivity index (χ2n) is 4.05.